The van der Waals surface area contributed by atoms with E-state index in [1.807, 2.05) is 36.4 Å². The Hall–Kier alpha value is -2.64. The number of fused-ring (bicyclic) bond motifs is 1. The second-order valence-corrected chi connectivity index (χ2v) is 7.96. The van der Waals surface area contributed by atoms with Crippen molar-refractivity contribution in [1.29, 1.82) is 0 Å². The van der Waals surface area contributed by atoms with Gasteiger partial charge in [-0.2, -0.15) is 0 Å². The maximum Gasteiger partial charge on any atom is 0.251 e. The number of rotatable bonds is 7. The van der Waals surface area contributed by atoms with E-state index in [4.69, 9.17) is 9.72 Å². The Morgan fingerprint density at radius 1 is 1.21 bits per heavy atom. The molecule has 1 aliphatic heterocycles. The molecule has 0 atom stereocenters. The van der Waals surface area contributed by atoms with Crippen LogP contribution in [-0.2, 0) is 4.74 Å². The smallest absolute Gasteiger partial charge is 0.251 e. The van der Waals surface area contributed by atoms with Crippen molar-refractivity contribution < 1.29 is 9.53 Å². The molecule has 0 spiro atoms. The number of likely N-dealkylation sites (N-methyl/N-ethyl adjacent to an activating group) is 1. The zero-order valence-electron chi connectivity index (χ0n) is 16.6. The van der Waals surface area contributed by atoms with Gasteiger partial charge in [0.1, 0.15) is 0 Å². The summed E-state index contributed by atoms with van der Waals surface area (Å²) in [4.78, 5) is 21.8. The first kappa shape index (κ1) is 19.7. The summed E-state index contributed by atoms with van der Waals surface area (Å²) in [5.74, 6) is -0.0441. The number of nitrogens with zero attached hydrogens (tertiary/aromatic N) is 3. The Bertz CT molecular complexity index is 954. The van der Waals surface area contributed by atoms with Crippen molar-refractivity contribution in [1.82, 2.24) is 10.3 Å². The van der Waals surface area contributed by atoms with Crippen molar-refractivity contribution in [3.63, 3.8) is 0 Å². The van der Waals surface area contributed by atoms with Crippen LogP contribution < -0.4 is 15.1 Å². The van der Waals surface area contributed by atoms with Gasteiger partial charge in [0.15, 0.2) is 5.13 Å². The largest absolute Gasteiger partial charge is 0.378 e. The zero-order chi connectivity index (χ0) is 20.1. The number of carbonyl (C=O) groups is 1. The molecule has 1 fully saturated rings. The van der Waals surface area contributed by atoms with Crippen LogP contribution in [0.4, 0.5) is 10.8 Å². The molecule has 0 unspecified atom stereocenters. The Morgan fingerprint density at radius 2 is 2.00 bits per heavy atom. The molecule has 1 aliphatic rings. The maximum atomic E-state index is 12.6. The van der Waals surface area contributed by atoms with Gasteiger partial charge in [0.25, 0.3) is 5.91 Å². The number of anilines is 2. The summed E-state index contributed by atoms with van der Waals surface area (Å²) in [6, 6.07) is 16.0. The second-order valence-electron chi connectivity index (χ2n) is 6.95. The molecule has 3 aromatic rings. The van der Waals surface area contributed by atoms with E-state index in [1.54, 1.807) is 11.3 Å². The molecular weight excluding hydrogens is 384 g/mol. The highest BCUT2D eigenvalue weighted by Gasteiger charge is 2.16. The van der Waals surface area contributed by atoms with Crippen LogP contribution in [0.15, 0.2) is 48.5 Å². The molecule has 1 amide bonds. The number of para-hydroxylation sites is 1. The molecule has 29 heavy (non-hydrogen) atoms. The predicted octanol–water partition coefficient (Wildman–Crippen LogP) is 3.39. The summed E-state index contributed by atoms with van der Waals surface area (Å²) in [6.07, 6.45) is 0. The minimum atomic E-state index is -0.0441. The number of hydrogen-bond acceptors (Lipinski definition) is 6. The van der Waals surface area contributed by atoms with E-state index in [9.17, 15) is 4.79 Å². The van der Waals surface area contributed by atoms with Gasteiger partial charge in [-0.15, -0.1) is 0 Å². The van der Waals surface area contributed by atoms with Gasteiger partial charge in [-0.1, -0.05) is 29.5 Å². The number of amides is 1. The first-order valence-electron chi connectivity index (χ1n) is 10.1. The fourth-order valence-electron chi connectivity index (χ4n) is 3.46. The average molecular weight is 411 g/mol. The van der Waals surface area contributed by atoms with E-state index >= 15 is 0 Å². The Labute approximate surface area is 175 Å². The van der Waals surface area contributed by atoms with Crippen LogP contribution in [0.1, 0.15) is 17.3 Å². The number of nitrogens with one attached hydrogen (secondary N) is 1. The third kappa shape index (κ3) is 4.68. The van der Waals surface area contributed by atoms with E-state index in [2.05, 4.69) is 34.2 Å². The van der Waals surface area contributed by atoms with E-state index in [0.717, 1.165) is 54.7 Å². The monoisotopic (exact) mass is 410 g/mol. The summed E-state index contributed by atoms with van der Waals surface area (Å²) in [7, 11) is 0. The molecule has 1 aromatic heterocycles. The first-order chi connectivity index (χ1) is 14.2. The van der Waals surface area contributed by atoms with Crippen molar-refractivity contribution >= 4 is 38.3 Å². The van der Waals surface area contributed by atoms with Gasteiger partial charge in [0.2, 0.25) is 0 Å². The number of hydrogen-bond donors (Lipinski definition) is 1. The SMILES string of the molecule is CCN(CCNC(=O)c1ccc2nc(N3CCOCC3)sc2c1)c1ccccc1. The molecule has 2 aromatic carbocycles. The molecule has 1 N–H and O–H groups in total. The summed E-state index contributed by atoms with van der Waals surface area (Å²) < 4.78 is 6.46. The van der Waals surface area contributed by atoms with E-state index in [1.165, 1.54) is 5.69 Å². The molecule has 1 saturated heterocycles. The molecule has 6 nitrogen and oxygen atoms in total. The lowest BCUT2D eigenvalue weighted by Gasteiger charge is -2.25. The topological polar surface area (TPSA) is 57.7 Å². The third-order valence-electron chi connectivity index (χ3n) is 5.09. The molecule has 7 heteroatoms. The predicted molar refractivity (Wildman–Crippen MR) is 119 cm³/mol. The van der Waals surface area contributed by atoms with Crippen molar-refractivity contribution in [2.75, 3.05) is 55.7 Å². The second kappa shape index (κ2) is 9.24. The molecular formula is C22H26N4O2S. The molecule has 2 heterocycles. The van der Waals surface area contributed by atoms with Crippen LogP contribution in [0.2, 0.25) is 0 Å². The normalized spacial score (nSPS) is 14.2. The number of carbonyl (C=O) groups excluding carboxylic acids is 1. The Morgan fingerprint density at radius 3 is 2.76 bits per heavy atom. The summed E-state index contributed by atoms with van der Waals surface area (Å²) >= 11 is 1.64. The van der Waals surface area contributed by atoms with E-state index in [0.29, 0.717) is 12.1 Å². The fraction of sp³-hybridized carbons (Fsp3) is 0.364. The number of benzene rings is 2. The third-order valence-corrected chi connectivity index (χ3v) is 6.17. The zero-order valence-corrected chi connectivity index (χ0v) is 17.5. The standard InChI is InChI=1S/C22H26N4O2S/c1-2-25(18-6-4-3-5-7-18)11-10-23-21(27)17-8-9-19-20(16-17)29-22(24-19)26-12-14-28-15-13-26/h3-9,16H,2,10-15H2,1H3,(H,23,27). The lowest BCUT2D eigenvalue weighted by Crippen LogP contribution is -2.36. The van der Waals surface area contributed by atoms with Crippen LogP contribution >= 0.6 is 11.3 Å². The number of ether oxygens (including phenoxy) is 1. The molecule has 0 saturated carbocycles. The lowest BCUT2D eigenvalue weighted by molar-refractivity contribution is 0.0955. The van der Waals surface area contributed by atoms with Gasteiger partial charge in [0, 0.05) is 44.0 Å². The summed E-state index contributed by atoms with van der Waals surface area (Å²) in [6.45, 7) is 7.60. The highest BCUT2D eigenvalue weighted by atomic mass is 32.1. The minimum Gasteiger partial charge on any atom is -0.378 e. The minimum absolute atomic E-state index is 0.0441. The first-order valence-corrected chi connectivity index (χ1v) is 10.9. The summed E-state index contributed by atoms with van der Waals surface area (Å²) in [5.41, 5.74) is 2.79. The van der Waals surface area contributed by atoms with Crippen molar-refractivity contribution in [3.05, 3.63) is 54.1 Å². The molecule has 4 rings (SSSR count). The van der Waals surface area contributed by atoms with Crippen LogP contribution in [0.5, 0.6) is 0 Å². The lowest BCUT2D eigenvalue weighted by atomic mass is 10.2. The van der Waals surface area contributed by atoms with Crippen molar-refractivity contribution in [2.45, 2.75) is 6.92 Å². The van der Waals surface area contributed by atoms with E-state index < -0.39 is 0 Å². The van der Waals surface area contributed by atoms with Crippen LogP contribution in [0, 0.1) is 0 Å². The van der Waals surface area contributed by atoms with Crippen LogP contribution in [0.3, 0.4) is 0 Å². The van der Waals surface area contributed by atoms with Gasteiger partial charge in [-0.25, -0.2) is 4.98 Å². The molecule has 0 radical (unpaired) electrons. The van der Waals surface area contributed by atoms with Gasteiger partial charge < -0.3 is 19.9 Å². The molecule has 0 aliphatic carbocycles. The van der Waals surface area contributed by atoms with E-state index in [-0.39, 0.29) is 5.91 Å². The Balaban J connectivity index is 1.38. The highest BCUT2D eigenvalue weighted by Crippen LogP contribution is 2.30. The van der Waals surface area contributed by atoms with Crippen molar-refractivity contribution in [3.8, 4) is 0 Å². The molecule has 152 valence electrons. The molecule has 0 bridgehead atoms. The van der Waals surface area contributed by atoms with Gasteiger partial charge in [0.05, 0.1) is 23.4 Å². The average Bonchev–Trinajstić information content (AvgIpc) is 3.21. The van der Waals surface area contributed by atoms with Crippen LogP contribution in [-0.4, -0.2) is 56.8 Å². The number of aromatic nitrogens is 1. The fourth-order valence-corrected chi connectivity index (χ4v) is 4.52. The van der Waals surface area contributed by atoms with Crippen LogP contribution in [0.25, 0.3) is 10.2 Å². The van der Waals surface area contributed by atoms with Crippen molar-refractivity contribution in [2.24, 2.45) is 0 Å². The quantitative estimate of drug-likeness (QED) is 0.647. The maximum absolute atomic E-state index is 12.6. The van der Waals surface area contributed by atoms with Gasteiger partial charge in [-0.05, 0) is 37.3 Å². The Kier molecular flexibility index (Phi) is 6.27. The highest BCUT2D eigenvalue weighted by molar-refractivity contribution is 7.22. The van der Waals surface area contributed by atoms with Gasteiger partial charge >= 0.3 is 0 Å². The van der Waals surface area contributed by atoms with Gasteiger partial charge in [-0.3, -0.25) is 4.79 Å². The number of thiazole rings is 1. The number of morpholine rings is 1. The summed E-state index contributed by atoms with van der Waals surface area (Å²) in [5, 5.41) is 4.05.